The highest BCUT2D eigenvalue weighted by Gasteiger charge is 2.40. The molecule has 0 aromatic rings. The first-order valence-electron chi connectivity index (χ1n) is 7.51. The van der Waals surface area contributed by atoms with E-state index in [1.165, 1.54) is 64.5 Å². The maximum Gasteiger partial charge on any atom is -0.00153 e. The Morgan fingerprint density at radius 3 is 2.69 bits per heavy atom. The number of nitrogens with one attached hydrogen (secondary N) is 1. The van der Waals surface area contributed by atoms with Crippen molar-refractivity contribution in [2.45, 2.75) is 65.2 Å². The summed E-state index contributed by atoms with van der Waals surface area (Å²) in [5.41, 5.74) is 0.726. The van der Waals surface area contributed by atoms with Crippen LogP contribution in [0.2, 0.25) is 0 Å². The number of rotatable bonds is 2. The molecule has 94 valence electrons. The molecule has 1 nitrogen and oxygen atoms in total. The van der Waals surface area contributed by atoms with Crippen LogP contribution in [0.25, 0.3) is 0 Å². The van der Waals surface area contributed by atoms with Crippen molar-refractivity contribution in [2.24, 2.45) is 17.3 Å². The standard InChI is InChI=1S/C15H29N/c1-3-13-6-5-8-15(9-7-13)10-11-16-12-14(15)4-2/h13-14,16H,3-12H2,1-2H3. The third kappa shape index (κ3) is 2.45. The van der Waals surface area contributed by atoms with Crippen molar-refractivity contribution >= 4 is 0 Å². The van der Waals surface area contributed by atoms with Crippen LogP contribution in [0.5, 0.6) is 0 Å². The molecular formula is C15H29N. The van der Waals surface area contributed by atoms with Gasteiger partial charge >= 0.3 is 0 Å². The summed E-state index contributed by atoms with van der Waals surface area (Å²) in [6, 6.07) is 0. The predicted octanol–water partition coefficient (Wildman–Crippen LogP) is 3.98. The summed E-state index contributed by atoms with van der Waals surface area (Å²) in [6.07, 6.45) is 11.8. The first-order chi connectivity index (χ1) is 7.80. The zero-order valence-electron chi connectivity index (χ0n) is 11.2. The molecule has 1 aliphatic carbocycles. The summed E-state index contributed by atoms with van der Waals surface area (Å²) >= 11 is 0. The molecule has 0 radical (unpaired) electrons. The topological polar surface area (TPSA) is 12.0 Å². The lowest BCUT2D eigenvalue weighted by molar-refractivity contribution is 0.0819. The largest absolute Gasteiger partial charge is 0.316 e. The molecule has 3 atom stereocenters. The molecule has 0 aromatic carbocycles. The second kappa shape index (κ2) is 5.53. The molecule has 16 heavy (non-hydrogen) atoms. The van der Waals surface area contributed by atoms with E-state index in [0.717, 1.165) is 17.3 Å². The summed E-state index contributed by atoms with van der Waals surface area (Å²) in [6.45, 7) is 7.32. The third-order valence-corrected chi connectivity index (χ3v) is 5.46. The Kier molecular flexibility index (Phi) is 4.29. The number of hydrogen-bond acceptors (Lipinski definition) is 1. The van der Waals surface area contributed by atoms with Gasteiger partial charge in [0, 0.05) is 0 Å². The third-order valence-electron chi connectivity index (χ3n) is 5.46. The average Bonchev–Trinajstić information content (AvgIpc) is 2.53. The van der Waals surface area contributed by atoms with Crippen LogP contribution in [0.3, 0.4) is 0 Å². The first-order valence-corrected chi connectivity index (χ1v) is 7.51. The van der Waals surface area contributed by atoms with Gasteiger partial charge < -0.3 is 5.32 Å². The molecule has 1 heteroatoms. The fourth-order valence-electron chi connectivity index (χ4n) is 4.18. The summed E-state index contributed by atoms with van der Waals surface area (Å²) in [4.78, 5) is 0. The molecule has 1 saturated heterocycles. The highest BCUT2D eigenvalue weighted by atomic mass is 14.9. The van der Waals surface area contributed by atoms with Crippen LogP contribution >= 0.6 is 0 Å². The SMILES string of the molecule is CCC1CCCC2(CCNCC2CC)CC1. The molecule has 1 heterocycles. The maximum absolute atomic E-state index is 3.60. The van der Waals surface area contributed by atoms with Gasteiger partial charge in [0.2, 0.25) is 0 Å². The Morgan fingerprint density at radius 2 is 1.94 bits per heavy atom. The van der Waals surface area contributed by atoms with Gasteiger partial charge in [-0.1, -0.05) is 39.5 Å². The molecule has 2 rings (SSSR count). The van der Waals surface area contributed by atoms with Crippen molar-refractivity contribution in [1.29, 1.82) is 0 Å². The molecule has 2 fully saturated rings. The summed E-state index contributed by atoms with van der Waals surface area (Å²) in [7, 11) is 0. The Morgan fingerprint density at radius 1 is 1.06 bits per heavy atom. The van der Waals surface area contributed by atoms with Crippen molar-refractivity contribution in [3.05, 3.63) is 0 Å². The fourth-order valence-corrected chi connectivity index (χ4v) is 4.18. The van der Waals surface area contributed by atoms with Gasteiger partial charge in [0.25, 0.3) is 0 Å². The van der Waals surface area contributed by atoms with Gasteiger partial charge in [0.05, 0.1) is 0 Å². The van der Waals surface area contributed by atoms with E-state index in [2.05, 4.69) is 19.2 Å². The van der Waals surface area contributed by atoms with Gasteiger partial charge in [0.1, 0.15) is 0 Å². The second-order valence-electron chi connectivity index (χ2n) is 6.13. The van der Waals surface area contributed by atoms with Crippen molar-refractivity contribution in [1.82, 2.24) is 5.32 Å². The quantitative estimate of drug-likeness (QED) is 0.746. The number of hydrogen-bond donors (Lipinski definition) is 1. The van der Waals surface area contributed by atoms with Gasteiger partial charge in [0.15, 0.2) is 0 Å². The zero-order chi connectivity index (χ0) is 11.4. The minimum absolute atomic E-state index is 0.726. The van der Waals surface area contributed by atoms with Gasteiger partial charge in [-0.25, -0.2) is 0 Å². The van der Waals surface area contributed by atoms with E-state index >= 15 is 0 Å². The van der Waals surface area contributed by atoms with E-state index in [0.29, 0.717) is 0 Å². The van der Waals surface area contributed by atoms with Crippen LogP contribution in [-0.2, 0) is 0 Å². The van der Waals surface area contributed by atoms with Gasteiger partial charge in [-0.3, -0.25) is 0 Å². The van der Waals surface area contributed by atoms with Crippen LogP contribution in [0.15, 0.2) is 0 Å². The van der Waals surface area contributed by atoms with Crippen LogP contribution in [0.1, 0.15) is 65.2 Å². The average molecular weight is 223 g/mol. The minimum atomic E-state index is 0.726. The minimum Gasteiger partial charge on any atom is -0.316 e. The molecule has 0 bridgehead atoms. The van der Waals surface area contributed by atoms with Gasteiger partial charge in [-0.15, -0.1) is 0 Å². The highest BCUT2D eigenvalue weighted by Crippen LogP contribution is 2.48. The molecule has 0 amide bonds. The predicted molar refractivity (Wildman–Crippen MR) is 70.6 cm³/mol. The Balaban J connectivity index is 2.04. The molecule has 2 aliphatic rings. The molecule has 1 spiro atoms. The van der Waals surface area contributed by atoms with Crippen molar-refractivity contribution in [3.63, 3.8) is 0 Å². The molecule has 1 N–H and O–H groups in total. The van der Waals surface area contributed by atoms with Crippen molar-refractivity contribution in [3.8, 4) is 0 Å². The number of piperidine rings is 1. The molecule has 3 unspecified atom stereocenters. The van der Waals surface area contributed by atoms with E-state index in [4.69, 9.17) is 0 Å². The summed E-state index contributed by atoms with van der Waals surface area (Å²) in [5, 5.41) is 3.60. The molecular weight excluding hydrogens is 194 g/mol. The summed E-state index contributed by atoms with van der Waals surface area (Å²) in [5.74, 6) is 1.99. The zero-order valence-corrected chi connectivity index (χ0v) is 11.2. The highest BCUT2D eigenvalue weighted by molar-refractivity contribution is 4.93. The van der Waals surface area contributed by atoms with E-state index in [-0.39, 0.29) is 0 Å². The Hall–Kier alpha value is -0.0400. The van der Waals surface area contributed by atoms with Crippen LogP contribution < -0.4 is 5.32 Å². The maximum atomic E-state index is 3.60. The Labute approximate surface area is 101 Å². The van der Waals surface area contributed by atoms with Gasteiger partial charge in [-0.05, 0) is 56.0 Å². The van der Waals surface area contributed by atoms with Crippen LogP contribution in [-0.4, -0.2) is 13.1 Å². The normalized spacial score (nSPS) is 40.9. The van der Waals surface area contributed by atoms with Crippen LogP contribution in [0, 0.1) is 17.3 Å². The lowest BCUT2D eigenvalue weighted by atomic mass is 9.65. The fraction of sp³-hybridized carbons (Fsp3) is 1.00. The van der Waals surface area contributed by atoms with Crippen LogP contribution in [0.4, 0.5) is 0 Å². The lowest BCUT2D eigenvalue weighted by Crippen LogP contribution is -2.44. The van der Waals surface area contributed by atoms with Crippen molar-refractivity contribution < 1.29 is 0 Å². The monoisotopic (exact) mass is 223 g/mol. The van der Waals surface area contributed by atoms with E-state index in [9.17, 15) is 0 Å². The molecule has 0 aromatic heterocycles. The molecule has 1 saturated carbocycles. The lowest BCUT2D eigenvalue weighted by Gasteiger charge is -2.44. The van der Waals surface area contributed by atoms with Crippen molar-refractivity contribution in [2.75, 3.05) is 13.1 Å². The molecule has 1 aliphatic heterocycles. The van der Waals surface area contributed by atoms with E-state index in [1.54, 1.807) is 0 Å². The van der Waals surface area contributed by atoms with E-state index < -0.39 is 0 Å². The Bertz CT molecular complexity index is 213. The van der Waals surface area contributed by atoms with Gasteiger partial charge in [-0.2, -0.15) is 0 Å². The summed E-state index contributed by atoms with van der Waals surface area (Å²) < 4.78 is 0. The van der Waals surface area contributed by atoms with E-state index in [1.807, 2.05) is 0 Å². The first kappa shape index (κ1) is 12.4. The smallest absolute Gasteiger partial charge is 0.00153 e. The second-order valence-corrected chi connectivity index (χ2v) is 6.13.